The lowest BCUT2D eigenvalue weighted by Crippen LogP contribution is -2.48. The Morgan fingerprint density at radius 2 is 2.29 bits per heavy atom. The normalized spacial score (nSPS) is 34.6. The maximum Gasteiger partial charge on any atom is 0.153 e. The lowest BCUT2D eigenvalue weighted by atomic mass is 10.2. The van der Waals surface area contributed by atoms with Gasteiger partial charge in [0.15, 0.2) is 9.84 Å². The predicted molar refractivity (Wildman–Crippen MR) is 66.9 cm³/mol. The zero-order chi connectivity index (χ0) is 12.3. The van der Waals surface area contributed by atoms with Gasteiger partial charge in [0.05, 0.1) is 24.2 Å². The minimum Gasteiger partial charge on any atom is -0.376 e. The zero-order valence-corrected chi connectivity index (χ0v) is 11.2. The van der Waals surface area contributed by atoms with Gasteiger partial charge < -0.3 is 10.1 Å². The van der Waals surface area contributed by atoms with E-state index in [4.69, 9.17) is 4.74 Å². The molecule has 1 N–H and O–H groups in total. The standard InChI is InChI=1S/C11H22N2O3S/c1-10-9-17(14,15)7-5-13(10)4-2-11-8-12-3-6-16-11/h10-12H,2-9H2,1H3. The van der Waals surface area contributed by atoms with Crippen LogP contribution in [-0.2, 0) is 14.6 Å². The van der Waals surface area contributed by atoms with Crippen LogP contribution in [-0.4, -0.2) is 69.8 Å². The summed E-state index contributed by atoms with van der Waals surface area (Å²) < 4.78 is 28.5. The number of nitrogens with zero attached hydrogens (tertiary/aromatic N) is 1. The second-order valence-corrected chi connectivity index (χ2v) is 7.21. The van der Waals surface area contributed by atoms with Crippen LogP contribution < -0.4 is 5.32 Å². The molecule has 100 valence electrons. The molecule has 0 saturated carbocycles. The van der Waals surface area contributed by atoms with Gasteiger partial charge in [0.1, 0.15) is 0 Å². The molecule has 0 bridgehead atoms. The van der Waals surface area contributed by atoms with Crippen LogP contribution in [0.3, 0.4) is 0 Å². The number of nitrogens with one attached hydrogen (secondary N) is 1. The molecule has 2 fully saturated rings. The Bertz CT molecular complexity index is 339. The van der Waals surface area contributed by atoms with Crippen LogP contribution in [0.25, 0.3) is 0 Å². The topological polar surface area (TPSA) is 58.6 Å². The molecular formula is C11H22N2O3S. The molecule has 0 amide bonds. The monoisotopic (exact) mass is 262 g/mol. The summed E-state index contributed by atoms with van der Waals surface area (Å²) in [7, 11) is -2.79. The van der Waals surface area contributed by atoms with Gasteiger partial charge in [0.2, 0.25) is 0 Å². The first kappa shape index (κ1) is 13.3. The Kier molecular flexibility index (Phi) is 4.41. The average molecular weight is 262 g/mol. The van der Waals surface area contributed by atoms with E-state index in [1.807, 2.05) is 6.92 Å². The zero-order valence-electron chi connectivity index (χ0n) is 10.4. The van der Waals surface area contributed by atoms with Crippen molar-refractivity contribution in [3.63, 3.8) is 0 Å². The summed E-state index contributed by atoms with van der Waals surface area (Å²) in [6, 6.07) is 0.144. The molecular weight excluding hydrogens is 240 g/mol. The number of hydrogen-bond donors (Lipinski definition) is 1. The van der Waals surface area contributed by atoms with Crippen molar-refractivity contribution >= 4 is 9.84 Å². The summed E-state index contributed by atoms with van der Waals surface area (Å²) in [5, 5.41) is 3.31. The highest BCUT2D eigenvalue weighted by Gasteiger charge is 2.28. The molecule has 2 unspecified atom stereocenters. The molecule has 0 aromatic rings. The van der Waals surface area contributed by atoms with E-state index in [-0.39, 0.29) is 12.1 Å². The van der Waals surface area contributed by atoms with Crippen LogP contribution in [0, 0.1) is 0 Å². The summed E-state index contributed by atoms with van der Waals surface area (Å²) in [5.74, 6) is 0.609. The Morgan fingerprint density at radius 3 is 2.94 bits per heavy atom. The second-order valence-electron chi connectivity index (χ2n) is 4.98. The molecule has 2 rings (SSSR count). The second kappa shape index (κ2) is 5.65. The van der Waals surface area contributed by atoms with Gasteiger partial charge >= 0.3 is 0 Å². The molecule has 2 aliphatic rings. The van der Waals surface area contributed by atoms with Gasteiger partial charge in [-0.25, -0.2) is 8.42 Å². The Labute approximate surface area is 103 Å². The van der Waals surface area contributed by atoms with Gasteiger partial charge in [-0.1, -0.05) is 0 Å². The third kappa shape index (κ3) is 3.91. The van der Waals surface area contributed by atoms with E-state index in [9.17, 15) is 8.42 Å². The molecule has 2 heterocycles. The summed E-state index contributed by atoms with van der Waals surface area (Å²) in [6.45, 7) is 6.24. The largest absolute Gasteiger partial charge is 0.376 e. The van der Waals surface area contributed by atoms with E-state index in [0.29, 0.717) is 18.1 Å². The van der Waals surface area contributed by atoms with Crippen LogP contribution in [0.2, 0.25) is 0 Å². The first-order chi connectivity index (χ1) is 8.07. The van der Waals surface area contributed by atoms with E-state index in [0.717, 1.165) is 32.7 Å². The molecule has 2 saturated heterocycles. The van der Waals surface area contributed by atoms with E-state index in [1.165, 1.54) is 0 Å². The fourth-order valence-corrected chi connectivity index (χ4v) is 4.11. The van der Waals surface area contributed by atoms with Crippen molar-refractivity contribution in [2.24, 2.45) is 0 Å². The quantitative estimate of drug-likeness (QED) is 0.742. The van der Waals surface area contributed by atoms with Crippen LogP contribution in [0.5, 0.6) is 0 Å². The van der Waals surface area contributed by atoms with Gasteiger partial charge in [-0.05, 0) is 13.3 Å². The lowest BCUT2D eigenvalue weighted by Gasteiger charge is -2.34. The molecule has 0 spiro atoms. The van der Waals surface area contributed by atoms with Crippen molar-refractivity contribution in [2.75, 3.05) is 44.3 Å². The first-order valence-corrected chi connectivity index (χ1v) is 8.16. The summed E-state index contributed by atoms with van der Waals surface area (Å²) in [4.78, 5) is 2.26. The van der Waals surface area contributed by atoms with E-state index in [2.05, 4.69) is 10.2 Å². The smallest absolute Gasteiger partial charge is 0.153 e. The van der Waals surface area contributed by atoms with Gasteiger partial charge in [-0.15, -0.1) is 0 Å². The van der Waals surface area contributed by atoms with Crippen molar-refractivity contribution in [2.45, 2.75) is 25.5 Å². The minimum absolute atomic E-state index is 0.144. The van der Waals surface area contributed by atoms with Gasteiger partial charge in [-0.2, -0.15) is 0 Å². The van der Waals surface area contributed by atoms with Crippen molar-refractivity contribution in [3.05, 3.63) is 0 Å². The van der Waals surface area contributed by atoms with Crippen LogP contribution >= 0.6 is 0 Å². The summed E-state index contributed by atoms with van der Waals surface area (Å²) >= 11 is 0. The highest BCUT2D eigenvalue weighted by Crippen LogP contribution is 2.13. The number of morpholine rings is 1. The fourth-order valence-electron chi connectivity index (χ4n) is 2.48. The van der Waals surface area contributed by atoms with Crippen LogP contribution in [0.1, 0.15) is 13.3 Å². The third-order valence-corrected chi connectivity index (χ3v) is 5.35. The van der Waals surface area contributed by atoms with Crippen molar-refractivity contribution in [1.29, 1.82) is 0 Å². The molecule has 6 heteroatoms. The van der Waals surface area contributed by atoms with Crippen LogP contribution in [0.15, 0.2) is 0 Å². The van der Waals surface area contributed by atoms with Crippen LogP contribution in [0.4, 0.5) is 0 Å². The summed E-state index contributed by atoms with van der Waals surface area (Å²) in [6.07, 6.45) is 1.27. The highest BCUT2D eigenvalue weighted by atomic mass is 32.2. The number of sulfone groups is 1. The molecule has 2 atom stereocenters. The SMILES string of the molecule is CC1CS(=O)(=O)CCN1CCC1CNCCO1. The van der Waals surface area contributed by atoms with Crippen molar-refractivity contribution < 1.29 is 13.2 Å². The maximum atomic E-state index is 11.5. The number of hydrogen-bond acceptors (Lipinski definition) is 5. The van der Waals surface area contributed by atoms with Gasteiger partial charge in [-0.3, -0.25) is 4.90 Å². The van der Waals surface area contributed by atoms with E-state index in [1.54, 1.807) is 0 Å². The minimum atomic E-state index is -2.79. The fraction of sp³-hybridized carbons (Fsp3) is 1.00. The molecule has 0 radical (unpaired) electrons. The number of rotatable bonds is 3. The molecule has 5 nitrogen and oxygen atoms in total. The first-order valence-electron chi connectivity index (χ1n) is 6.33. The molecule has 17 heavy (non-hydrogen) atoms. The average Bonchev–Trinajstić information content (AvgIpc) is 2.28. The van der Waals surface area contributed by atoms with E-state index < -0.39 is 9.84 Å². The van der Waals surface area contributed by atoms with Crippen molar-refractivity contribution in [3.8, 4) is 0 Å². The highest BCUT2D eigenvalue weighted by molar-refractivity contribution is 7.91. The molecule has 0 aromatic carbocycles. The Hall–Kier alpha value is -0.170. The van der Waals surface area contributed by atoms with Crippen molar-refractivity contribution in [1.82, 2.24) is 10.2 Å². The summed E-state index contributed by atoms with van der Waals surface area (Å²) in [5.41, 5.74) is 0. The third-order valence-electron chi connectivity index (χ3n) is 3.55. The number of ether oxygens (including phenoxy) is 1. The Morgan fingerprint density at radius 1 is 1.47 bits per heavy atom. The molecule has 0 aromatic heterocycles. The lowest BCUT2D eigenvalue weighted by molar-refractivity contribution is 0.0157. The van der Waals surface area contributed by atoms with Gasteiger partial charge in [0.25, 0.3) is 0 Å². The maximum absolute atomic E-state index is 11.5. The van der Waals surface area contributed by atoms with Gasteiger partial charge in [0, 0.05) is 32.2 Å². The predicted octanol–water partition coefficient (Wildman–Crippen LogP) is -0.516. The van der Waals surface area contributed by atoms with E-state index >= 15 is 0 Å². The molecule has 0 aliphatic carbocycles. The Balaban J connectivity index is 1.75. The molecule has 2 aliphatic heterocycles.